The zero-order valence-corrected chi connectivity index (χ0v) is 14.5. The lowest BCUT2D eigenvalue weighted by Crippen LogP contribution is -2.31. The molecule has 0 aliphatic heterocycles. The maximum Gasteiger partial charge on any atom is 0.287 e. The van der Waals surface area contributed by atoms with Crippen molar-refractivity contribution < 1.29 is 13.9 Å². The molecule has 0 radical (unpaired) electrons. The summed E-state index contributed by atoms with van der Waals surface area (Å²) in [4.78, 5) is 12.8. The van der Waals surface area contributed by atoms with Crippen LogP contribution in [-0.2, 0) is 6.42 Å². The van der Waals surface area contributed by atoms with Crippen LogP contribution in [0.2, 0.25) is 0 Å². The van der Waals surface area contributed by atoms with Crippen LogP contribution in [0.4, 0.5) is 0 Å². The average molecular weight is 335 g/mol. The lowest BCUT2D eigenvalue weighted by atomic mass is 9.87. The normalized spacial score (nSPS) is 16.5. The first kappa shape index (κ1) is 15.8. The molecule has 1 aromatic heterocycles. The minimum atomic E-state index is -0.158. The number of methoxy groups -OCH3 is 1. The van der Waals surface area contributed by atoms with E-state index in [0.717, 1.165) is 36.0 Å². The summed E-state index contributed by atoms with van der Waals surface area (Å²) in [5, 5.41) is 4.07. The highest BCUT2D eigenvalue weighted by atomic mass is 16.5. The molecule has 128 valence electrons. The van der Waals surface area contributed by atoms with E-state index in [1.54, 1.807) is 7.11 Å². The van der Waals surface area contributed by atoms with Gasteiger partial charge in [-0.05, 0) is 55.5 Å². The van der Waals surface area contributed by atoms with Gasteiger partial charge in [0.05, 0.1) is 13.2 Å². The first-order valence-electron chi connectivity index (χ1n) is 8.63. The Balaban J connectivity index is 1.64. The van der Waals surface area contributed by atoms with Crippen molar-refractivity contribution in [1.29, 1.82) is 0 Å². The van der Waals surface area contributed by atoms with E-state index in [9.17, 15) is 4.79 Å². The molecular weight excluding hydrogens is 314 g/mol. The van der Waals surface area contributed by atoms with Gasteiger partial charge in [-0.25, -0.2) is 0 Å². The lowest BCUT2D eigenvalue weighted by molar-refractivity contribution is 0.0906. The Kier molecular flexibility index (Phi) is 3.96. The van der Waals surface area contributed by atoms with Crippen molar-refractivity contribution in [1.82, 2.24) is 5.32 Å². The first-order valence-corrected chi connectivity index (χ1v) is 8.63. The van der Waals surface area contributed by atoms with Crippen molar-refractivity contribution in [3.8, 4) is 5.75 Å². The molecular formula is C21H21NO3. The largest absolute Gasteiger partial charge is 0.497 e. The van der Waals surface area contributed by atoms with Gasteiger partial charge >= 0.3 is 0 Å². The van der Waals surface area contributed by atoms with Crippen LogP contribution in [-0.4, -0.2) is 13.0 Å². The van der Waals surface area contributed by atoms with Crippen molar-refractivity contribution in [2.24, 2.45) is 0 Å². The summed E-state index contributed by atoms with van der Waals surface area (Å²) in [5.74, 6) is 0.977. The van der Waals surface area contributed by atoms with Gasteiger partial charge in [-0.15, -0.1) is 0 Å². The Morgan fingerprint density at radius 2 is 2.08 bits per heavy atom. The molecule has 4 nitrogen and oxygen atoms in total. The number of carbonyl (C=O) groups excluding carboxylic acids is 1. The smallest absolute Gasteiger partial charge is 0.287 e. The number of amides is 1. The number of rotatable bonds is 3. The molecule has 3 aromatic rings. The van der Waals surface area contributed by atoms with Crippen molar-refractivity contribution in [2.45, 2.75) is 32.2 Å². The number of aryl methyl sites for hydroxylation is 2. The van der Waals surface area contributed by atoms with Crippen LogP contribution in [0.15, 0.2) is 46.9 Å². The molecule has 2 aromatic carbocycles. The van der Waals surface area contributed by atoms with Gasteiger partial charge in [0.2, 0.25) is 0 Å². The van der Waals surface area contributed by atoms with Crippen molar-refractivity contribution in [3.05, 3.63) is 64.9 Å². The fourth-order valence-corrected chi connectivity index (χ4v) is 3.67. The Morgan fingerprint density at radius 3 is 2.92 bits per heavy atom. The van der Waals surface area contributed by atoms with Gasteiger partial charge in [0, 0.05) is 10.9 Å². The van der Waals surface area contributed by atoms with Crippen LogP contribution in [0.3, 0.4) is 0 Å². The van der Waals surface area contributed by atoms with Crippen LogP contribution >= 0.6 is 0 Å². The summed E-state index contributed by atoms with van der Waals surface area (Å²) in [6.45, 7) is 1.91. The minimum Gasteiger partial charge on any atom is -0.497 e. The second-order valence-electron chi connectivity index (χ2n) is 6.54. The molecule has 1 N–H and O–H groups in total. The van der Waals surface area contributed by atoms with E-state index < -0.39 is 0 Å². The van der Waals surface area contributed by atoms with Gasteiger partial charge in [0.15, 0.2) is 5.76 Å². The zero-order chi connectivity index (χ0) is 17.4. The van der Waals surface area contributed by atoms with E-state index in [4.69, 9.17) is 9.15 Å². The molecule has 25 heavy (non-hydrogen) atoms. The molecule has 0 saturated heterocycles. The quantitative estimate of drug-likeness (QED) is 0.763. The number of benzene rings is 2. The molecule has 4 rings (SSSR count). The van der Waals surface area contributed by atoms with E-state index in [2.05, 4.69) is 23.5 Å². The Hall–Kier alpha value is -2.75. The number of hydrogen-bond acceptors (Lipinski definition) is 3. The van der Waals surface area contributed by atoms with Gasteiger partial charge in [0.1, 0.15) is 11.3 Å². The Morgan fingerprint density at radius 1 is 1.24 bits per heavy atom. The van der Waals surface area contributed by atoms with Crippen molar-refractivity contribution in [3.63, 3.8) is 0 Å². The number of carbonyl (C=O) groups is 1. The topological polar surface area (TPSA) is 51.5 Å². The van der Waals surface area contributed by atoms with Crippen LogP contribution in [0.5, 0.6) is 5.75 Å². The third kappa shape index (κ3) is 2.78. The van der Waals surface area contributed by atoms with E-state index >= 15 is 0 Å². The van der Waals surface area contributed by atoms with Gasteiger partial charge in [-0.3, -0.25) is 4.79 Å². The van der Waals surface area contributed by atoms with Crippen molar-refractivity contribution >= 4 is 16.9 Å². The predicted molar refractivity (Wildman–Crippen MR) is 97.1 cm³/mol. The summed E-state index contributed by atoms with van der Waals surface area (Å²) < 4.78 is 11.1. The number of hydrogen-bond donors (Lipinski definition) is 1. The zero-order valence-electron chi connectivity index (χ0n) is 14.5. The van der Waals surface area contributed by atoms with Gasteiger partial charge in [0.25, 0.3) is 5.91 Å². The highest BCUT2D eigenvalue weighted by Gasteiger charge is 2.25. The summed E-state index contributed by atoms with van der Waals surface area (Å²) in [6, 6.07) is 14.0. The standard InChI is InChI=1S/C21H21NO3/c1-13-17-12-15(24-2)10-11-19(17)25-20(13)21(23)22-18-9-5-7-14-6-3-4-8-16(14)18/h3-4,6,8,10-12,18H,5,7,9H2,1-2H3,(H,22,23)/t18-/m1/s1. The number of nitrogens with one attached hydrogen (secondary N) is 1. The van der Waals surface area contributed by atoms with Crippen molar-refractivity contribution in [2.75, 3.05) is 7.11 Å². The molecule has 1 heterocycles. The highest BCUT2D eigenvalue weighted by molar-refractivity contribution is 5.99. The molecule has 1 aliphatic carbocycles. The number of fused-ring (bicyclic) bond motifs is 2. The van der Waals surface area contributed by atoms with Gasteiger partial charge < -0.3 is 14.5 Å². The maximum atomic E-state index is 12.8. The molecule has 1 atom stereocenters. The van der Waals surface area contributed by atoms with Crippen LogP contribution in [0.1, 0.15) is 46.1 Å². The Bertz CT molecular complexity index is 941. The molecule has 0 unspecified atom stereocenters. The molecule has 1 aliphatic rings. The molecule has 0 bridgehead atoms. The second-order valence-corrected chi connectivity index (χ2v) is 6.54. The van der Waals surface area contributed by atoms with Crippen LogP contribution in [0, 0.1) is 6.92 Å². The molecule has 1 amide bonds. The van der Waals surface area contributed by atoms with Crippen LogP contribution < -0.4 is 10.1 Å². The summed E-state index contributed by atoms with van der Waals surface area (Å²) in [5.41, 5.74) is 4.09. The molecule has 0 fully saturated rings. The van der Waals surface area contributed by atoms with Crippen LogP contribution in [0.25, 0.3) is 11.0 Å². The predicted octanol–water partition coefficient (Wildman–Crippen LogP) is 4.56. The third-order valence-corrected chi connectivity index (χ3v) is 5.02. The highest BCUT2D eigenvalue weighted by Crippen LogP contribution is 2.32. The third-order valence-electron chi connectivity index (χ3n) is 5.02. The van der Waals surface area contributed by atoms with E-state index in [1.807, 2.05) is 31.2 Å². The first-order chi connectivity index (χ1) is 12.2. The second kappa shape index (κ2) is 6.28. The summed E-state index contributed by atoms with van der Waals surface area (Å²) in [7, 11) is 1.63. The van der Waals surface area contributed by atoms with Gasteiger partial charge in [-0.1, -0.05) is 24.3 Å². The Labute approximate surface area is 146 Å². The molecule has 0 spiro atoms. The molecule has 4 heteroatoms. The summed E-state index contributed by atoms with van der Waals surface area (Å²) in [6.07, 6.45) is 3.11. The van der Waals surface area contributed by atoms with E-state index in [-0.39, 0.29) is 11.9 Å². The minimum absolute atomic E-state index is 0.0413. The monoisotopic (exact) mass is 335 g/mol. The number of ether oxygens (including phenoxy) is 1. The van der Waals surface area contributed by atoms with E-state index in [0.29, 0.717) is 11.3 Å². The SMILES string of the molecule is COc1ccc2oc(C(=O)N[C@@H]3CCCc4ccccc43)c(C)c2c1. The van der Waals surface area contributed by atoms with Gasteiger partial charge in [-0.2, -0.15) is 0 Å². The fraction of sp³-hybridized carbons (Fsp3) is 0.286. The lowest BCUT2D eigenvalue weighted by Gasteiger charge is -2.26. The summed E-state index contributed by atoms with van der Waals surface area (Å²) >= 11 is 0. The maximum absolute atomic E-state index is 12.8. The fourth-order valence-electron chi connectivity index (χ4n) is 3.67. The average Bonchev–Trinajstić information content (AvgIpc) is 2.98. The number of furan rings is 1. The molecule has 0 saturated carbocycles. The van der Waals surface area contributed by atoms with E-state index in [1.165, 1.54) is 11.1 Å².